The van der Waals surface area contributed by atoms with Crippen LogP contribution in [0.1, 0.15) is 12.8 Å². The number of nitrogens with zero attached hydrogens (tertiary/aromatic N) is 1. The molecule has 0 bridgehead atoms. The number of hydrogen-bond donors (Lipinski definition) is 2. The lowest BCUT2D eigenvalue weighted by atomic mass is 9.85. The average Bonchev–Trinajstić information content (AvgIpc) is 2.83. The van der Waals surface area contributed by atoms with E-state index >= 15 is 0 Å². The molecule has 0 aromatic rings. The van der Waals surface area contributed by atoms with Gasteiger partial charge in [0.15, 0.2) is 5.41 Å². The number of ether oxygens (including phenoxy) is 1. The first kappa shape index (κ1) is 12.7. The summed E-state index contributed by atoms with van der Waals surface area (Å²) in [5.41, 5.74) is -1.68. The molecule has 1 aliphatic carbocycles. The fourth-order valence-corrected chi connectivity index (χ4v) is 3.10. The smallest absolute Gasteiger partial charge is 0.409 e. The SMILES string of the molecule is COC(=O)N1C[C@@H]2CC(C(=O)O)(C(=O)O)C[C@@H]2C1. The van der Waals surface area contributed by atoms with Gasteiger partial charge in [0.05, 0.1) is 7.11 Å². The van der Waals surface area contributed by atoms with Gasteiger partial charge < -0.3 is 19.8 Å². The van der Waals surface area contributed by atoms with Crippen molar-refractivity contribution in [2.75, 3.05) is 20.2 Å². The van der Waals surface area contributed by atoms with Crippen LogP contribution < -0.4 is 0 Å². The van der Waals surface area contributed by atoms with Crippen molar-refractivity contribution >= 4 is 18.0 Å². The summed E-state index contributed by atoms with van der Waals surface area (Å²) in [7, 11) is 1.29. The number of carbonyl (C=O) groups excluding carboxylic acids is 1. The van der Waals surface area contributed by atoms with E-state index in [0.29, 0.717) is 13.1 Å². The van der Waals surface area contributed by atoms with Crippen molar-refractivity contribution < 1.29 is 29.3 Å². The molecular weight excluding hydrogens is 242 g/mol. The zero-order chi connectivity index (χ0) is 13.5. The topological polar surface area (TPSA) is 104 Å². The fraction of sp³-hybridized carbons (Fsp3) is 0.727. The molecule has 0 radical (unpaired) electrons. The highest BCUT2D eigenvalue weighted by atomic mass is 16.5. The lowest BCUT2D eigenvalue weighted by Gasteiger charge is -2.22. The Bertz CT molecular complexity index is 376. The minimum Gasteiger partial charge on any atom is -0.480 e. The summed E-state index contributed by atoms with van der Waals surface area (Å²) in [4.78, 5) is 35.2. The van der Waals surface area contributed by atoms with E-state index in [4.69, 9.17) is 10.2 Å². The first-order chi connectivity index (χ1) is 8.40. The minimum absolute atomic E-state index is 0.0729. The third kappa shape index (κ3) is 1.70. The number of aliphatic carboxylic acids is 2. The highest BCUT2D eigenvalue weighted by molar-refractivity contribution is 5.98. The molecule has 2 N–H and O–H groups in total. The van der Waals surface area contributed by atoms with Crippen molar-refractivity contribution in [2.45, 2.75) is 12.8 Å². The molecule has 2 atom stereocenters. The summed E-state index contributed by atoms with van der Waals surface area (Å²) in [6, 6.07) is 0. The highest BCUT2D eigenvalue weighted by Crippen LogP contribution is 2.49. The molecule has 2 rings (SSSR count). The molecule has 0 spiro atoms. The van der Waals surface area contributed by atoms with Crippen molar-refractivity contribution in [3.05, 3.63) is 0 Å². The molecule has 7 heteroatoms. The Morgan fingerprint density at radius 3 is 1.89 bits per heavy atom. The summed E-state index contributed by atoms with van der Waals surface area (Å²) in [5.74, 6) is -2.71. The Morgan fingerprint density at radius 2 is 1.56 bits per heavy atom. The Morgan fingerprint density at radius 1 is 1.11 bits per heavy atom. The van der Waals surface area contributed by atoms with Crippen molar-refractivity contribution in [3.8, 4) is 0 Å². The molecule has 7 nitrogen and oxygen atoms in total. The zero-order valence-corrected chi connectivity index (χ0v) is 9.96. The number of fused-ring (bicyclic) bond motifs is 1. The standard InChI is InChI=1S/C11H15NO6/c1-18-10(17)12-4-6-2-11(8(13)14,9(15)16)3-7(6)5-12/h6-7H,2-5H2,1H3,(H,13,14)(H,15,16)/t6-,7+. The first-order valence-corrected chi connectivity index (χ1v) is 5.70. The van der Waals surface area contributed by atoms with Crippen LogP contribution in [0.15, 0.2) is 0 Å². The van der Waals surface area contributed by atoms with Gasteiger partial charge in [-0.1, -0.05) is 0 Å². The van der Waals surface area contributed by atoms with Crippen LogP contribution in [-0.4, -0.2) is 53.3 Å². The van der Waals surface area contributed by atoms with Gasteiger partial charge in [-0.2, -0.15) is 0 Å². The van der Waals surface area contributed by atoms with Gasteiger partial charge in [0.2, 0.25) is 0 Å². The average molecular weight is 257 g/mol. The summed E-state index contributed by atoms with van der Waals surface area (Å²) in [5, 5.41) is 18.2. The van der Waals surface area contributed by atoms with Crippen LogP contribution in [0.4, 0.5) is 4.79 Å². The minimum atomic E-state index is -1.68. The number of carbonyl (C=O) groups is 3. The van der Waals surface area contributed by atoms with Crippen LogP contribution in [0.2, 0.25) is 0 Å². The second-order valence-electron chi connectivity index (χ2n) is 5.00. The van der Waals surface area contributed by atoms with Crippen LogP contribution in [0.3, 0.4) is 0 Å². The molecule has 1 saturated heterocycles. The second-order valence-corrected chi connectivity index (χ2v) is 5.00. The number of rotatable bonds is 2. The van der Waals surface area contributed by atoms with Crippen molar-refractivity contribution in [1.29, 1.82) is 0 Å². The highest BCUT2D eigenvalue weighted by Gasteiger charge is 2.58. The van der Waals surface area contributed by atoms with E-state index in [-0.39, 0.29) is 24.7 Å². The number of likely N-dealkylation sites (tertiary alicyclic amines) is 1. The van der Waals surface area contributed by atoms with E-state index in [0.717, 1.165) is 0 Å². The van der Waals surface area contributed by atoms with Gasteiger partial charge in [-0.3, -0.25) is 9.59 Å². The zero-order valence-electron chi connectivity index (χ0n) is 9.96. The summed E-state index contributed by atoms with van der Waals surface area (Å²) in [6.07, 6.45) is -0.285. The molecule has 1 amide bonds. The van der Waals surface area contributed by atoms with Crippen LogP contribution in [0.5, 0.6) is 0 Å². The van der Waals surface area contributed by atoms with Gasteiger partial charge in [-0.05, 0) is 24.7 Å². The molecule has 18 heavy (non-hydrogen) atoms. The lowest BCUT2D eigenvalue weighted by Crippen LogP contribution is -2.39. The normalized spacial score (nSPS) is 28.8. The monoisotopic (exact) mass is 257 g/mol. The molecule has 2 aliphatic rings. The summed E-state index contributed by atoms with van der Waals surface area (Å²) < 4.78 is 4.60. The van der Waals surface area contributed by atoms with Crippen molar-refractivity contribution in [3.63, 3.8) is 0 Å². The van der Waals surface area contributed by atoms with E-state index < -0.39 is 23.4 Å². The van der Waals surface area contributed by atoms with Crippen LogP contribution >= 0.6 is 0 Å². The van der Waals surface area contributed by atoms with Crippen LogP contribution in [0.25, 0.3) is 0 Å². The van der Waals surface area contributed by atoms with Crippen LogP contribution in [0, 0.1) is 17.3 Å². The number of carboxylic acids is 2. The van der Waals surface area contributed by atoms with Crippen molar-refractivity contribution in [2.24, 2.45) is 17.3 Å². The summed E-state index contributed by atoms with van der Waals surface area (Å²) in [6.45, 7) is 0.749. The molecular formula is C11H15NO6. The van der Waals surface area contributed by atoms with E-state index in [1.54, 1.807) is 0 Å². The van der Waals surface area contributed by atoms with Gasteiger partial charge in [-0.25, -0.2) is 4.79 Å². The number of carboxylic acid groups (broad SMARTS) is 2. The molecule has 100 valence electrons. The fourth-order valence-electron chi connectivity index (χ4n) is 3.10. The van der Waals surface area contributed by atoms with Gasteiger partial charge in [0, 0.05) is 13.1 Å². The quantitative estimate of drug-likeness (QED) is 0.687. The van der Waals surface area contributed by atoms with E-state index in [2.05, 4.69) is 4.74 Å². The van der Waals surface area contributed by atoms with Gasteiger partial charge in [0.1, 0.15) is 0 Å². The largest absolute Gasteiger partial charge is 0.480 e. The Labute approximate surface area is 103 Å². The Balaban J connectivity index is 2.11. The maximum atomic E-state index is 11.3. The third-order valence-electron chi connectivity index (χ3n) is 4.05. The van der Waals surface area contributed by atoms with E-state index in [9.17, 15) is 14.4 Å². The predicted molar refractivity (Wildman–Crippen MR) is 57.9 cm³/mol. The summed E-state index contributed by atoms with van der Waals surface area (Å²) >= 11 is 0. The molecule has 2 fully saturated rings. The molecule has 1 heterocycles. The van der Waals surface area contributed by atoms with Crippen molar-refractivity contribution in [1.82, 2.24) is 4.90 Å². The number of methoxy groups -OCH3 is 1. The molecule has 0 aromatic heterocycles. The molecule has 0 aromatic carbocycles. The molecule has 1 aliphatic heterocycles. The maximum Gasteiger partial charge on any atom is 0.409 e. The second kappa shape index (κ2) is 4.15. The van der Waals surface area contributed by atoms with Gasteiger partial charge >= 0.3 is 18.0 Å². The lowest BCUT2D eigenvalue weighted by molar-refractivity contribution is -0.164. The van der Waals surface area contributed by atoms with Gasteiger partial charge in [-0.15, -0.1) is 0 Å². The first-order valence-electron chi connectivity index (χ1n) is 5.70. The maximum absolute atomic E-state index is 11.3. The molecule has 1 saturated carbocycles. The third-order valence-corrected chi connectivity index (χ3v) is 4.05. The van der Waals surface area contributed by atoms with E-state index in [1.165, 1.54) is 12.0 Å². The Hall–Kier alpha value is -1.79. The molecule has 0 unspecified atom stereocenters. The van der Waals surface area contributed by atoms with Crippen LogP contribution in [-0.2, 0) is 14.3 Å². The predicted octanol–water partition coefficient (Wildman–Crippen LogP) is 0.250. The Kier molecular flexibility index (Phi) is 2.92. The number of hydrogen-bond acceptors (Lipinski definition) is 4. The van der Waals surface area contributed by atoms with Gasteiger partial charge in [0.25, 0.3) is 0 Å². The number of amides is 1. The van der Waals surface area contributed by atoms with E-state index in [1.807, 2.05) is 0 Å².